The predicted molar refractivity (Wildman–Crippen MR) is 83.4 cm³/mol. The maximum atomic E-state index is 4.64. The van der Waals surface area contributed by atoms with Crippen LogP contribution in [-0.2, 0) is 0 Å². The Kier molecular flexibility index (Phi) is 3.32. The maximum absolute atomic E-state index is 4.64. The molecule has 0 amide bonds. The normalized spacial score (nSPS) is 15.2. The lowest BCUT2D eigenvalue weighted by atomic mass is 10.2. The number of fused-ring (bicyclic) bond motifs is 1. The minimum atomic E-state index is 0.641. The number of aromatic nitrogens is 5. The van der Waals surface area contributed by atoms with Gasteiger partial charge in [-0.1, -0.05) is 0 Å². The lowest BCUT2D eigenvalue weighted by Gasteiger charge is -2.27. The number of rotatable bonds is 2. The van der Waals surface area contributed by atoms with Crippen LogP contribution in [0.5, 0.6) is 0 Å². The number of hydrogen-bond acceptors (Lipinski definition) is 7. The lowest BCUT2D eigenvalue weighted by Crippen LogP contribution is -2.44. The Morgan fingerprint density at radius 3 is 2.77 bits per heavy atom. The summed E-state index contributed by atoms with van der Waals surface area (Å²) >= 11 is 0. The SMILES string of the molecule is c1cnc2nnc(-c3ccnc(N4CCNCC4)n3)cc2c1. The second kappa shape index (κ2) is 5.61. The summed E-state index contributed by atoms with van der Waals surface area (Å²) in [6.45, 7) is 3.73. The van der Waals surface area contributed by atoms with Crippen molar-refractivity contribution in [2.45, 2.75) is 0 Å². The Hall–Kier alpha value is -2.67. The summed E-state index contributed by atoms with van der Waals surface area (Å²) in [5.41, 5.74) is 2.16. The standard InChI is InChI=1S/C15H15N7/c1-2-11-10-13(20-21-14(11)17-4-1)12-3-5-18-15(19-12)22-8-6-16-7-9-22/h1-5,10,16H,6-9H2. The maximum Gasteiger partial charge on any atom is 0.225 e. The van der Waals surface area contributed by atoms with Crippen LogP contribution in [0.4, 0.5) is 5.95 Å². The smallest absolute Gasteiger partial charge is 0.225 e. The molecule has 1 saturated heterocycles. The molecule has 0 atom stereocenters. The molecule has 3 aromatic heterocycles. The third kappa shape index (κ3) is 2.46. The first-order chi connectivity index (χ1) is 10.9. The molecule has 3 aromatic rings. The number of nitrogens with zero attached hydrogens (tertiary/aromatic N) is 6. The fourth-order valence-corrected chi connectivity index (χ4v) is 2.52. The topological polar surface area (TPSA) is 79.7 Å². The Bertz CT molecular complexity index is 799. The fraction of sp³-hybridized carbons (Fsp3) is 0.267. The second-order valence-electron chi connectivity index (χ2n) is 5.12. The van der Waals surface area contributed by atoms with Gasteiger partial charge in [0.25, 0.3) is 0 Å². The van der Waals surface area contributed by atoms with Crippen molar-refractivity contribution < 1.29 is 0 Å². The van der Waals surface area contributed by atoms with Crippen molar-refractivity contribution >= 4 is 17.0 Å². The Labute approximate surface area is 127 Å². The summed E-state index contributed by atoms with van der Waals surface area (Å²) in [5, 5.41) is 12.7. The molecule has 1 aliphatic heterocycles. The molecule has 0 bridgehead atoms. The average Bonchev–Trinajstić information content (AvgIpc) is 2.62. The zero-order chi connectivity index (χ0) is 14.8. The van der Waals surface area contributed by atoms with Gasteiger partial charge < -0.3 is 10.2 Å². The summed E-state index contributed by atoms with van der Waals surface area (Å²) in [5.74, 6) is 0.743. The van der Waals surface area contributed by atoms with Crippen molar-refractivity contribution in [1.29, 1.82) is 0 Å². The molecule has 1 aliphatic rings. The van der Waals surface area contributed by atoms with E-state index >= 15 is 0 Å². The molecular weight excluding hydrogens is 278 g/mol. The fourth-order valence-electron chi connectivity index (χ4n) is 2.52. The number of hydrogen-bond donors (Lipinski definition) is 1. The van der Waals surface area contributed by atoms with Crippen LogP contribution in [0.25, 0.3) is 22.4 Å². The third-order valence-electron chi connectivity index (χ3n) is 3.67. The average molecular weight is 293 g/mol. The molecule has 4 rings (SSSR count). The number of piperazine rings is 1. The van der Waals surface area contributed by atoms with E-state index in [1.54, 1.807) is 12.4 Å². The van der Waals surface area contributed by atoms with Crippen LogP contribution in [-0.4, -0.2) is 51.3 Å². The molecule has 1 fully saturated rings. The Balaban J connectivity index is 1.71. The first-order valence-corrected chi connectivity index (χ1v) is 7.28. The van der Waals surface area contributed by atoms with Gasteiger partial charge in [0.1, 0.15) is 5.69 Å². The second-order valence-corrected chi connectivity index (χ2v) is 5.12. The van der Waals surface area contributed by atoms with Crippen molar-refractivity contribution in [3.63, 3.8) is 0 Å². The Morgan fingerprint density at radius 2 is 1.86 bits per heavy atom. The highest BCUT2D eigenvalue weighted by Gasteiger charge is 2.14. The largest absolute Gasteiger partial charge is 0.338 e. The first kappa shape index (κ1) is 13.0. The van der Waals surface area contributed by atoms with Crippen molar-refractivity contribution in [1.82, 2.24) is 30.5 Å². The van der Waals surface area contributed by atoms with E-state index in [1.807, 2.05) is 24.3 Å². The summed E-state index contributed by atoms with van der Waals surface area (Å²) in [6, 6.07) is 7.68. The summed E-state index contributed by atoms with van der Waals surface area (Å²) < 4.78 is 0. The molecule has 0 saturated carbocycles. The highest BCUT2D eigenvalue weighted by Crippen LogP contribution is 2.19. The number of pyridine rings is 1. The van der Waals surface area contributed by atoms with E-state index in [1.165, 1.54) is 0 Å². The molecule has 0 radical (unpaired) electrons. The van der Waals surface area contributed by atoms with E-state index in [4.69, 9.17) is 0 Å². The minimum absolute atomic E-state index is 0.641. The molecule has 0 spiro atoms. The molecule has 1 N–H and O–H groups in total. The van der Waals surface area contributed by atoms with Crippen LogP contribution in [0.15, 0.2) is 36.7 Å². The van der Waals surface area contributed by atoms with E-state index in [2.05, 4.69) is 35.4 Å². The summed E-state index contributed by atoms with van der Waals surface area (Å²) in [7, 11) is 0. The molecule has 7 heteroatoms. The Morgan fingerprint density at radius 1 is 0.955 bits per heavy atom. The van der Waals surface area contributed by atoms with Crippen LogP contribution < -0.4 is 10.2 Å². The molecule has 0 aromatic carbocycles. The van der Waals surface area contributed by atoms with Gasteiger partial charge >= 0.3 is 0 Å². The third-order valence-corrected chi connectivity index (χ3v) is 3.67. The molecule has 7 nitrogen and oxygen atoms in total. The highest BCUT2D eigenvalue weighted by atomic mass is 15.3. The summed E-state index contributed by atoms with van der Waals surface area (Å²) in [4.78, 5) is 15.4. The van der Waals surface area contributed by atoms with Crippen LogP contribution in [0, 0.1) is 0 Å². The molecule has 4 heterocycles. The van der Waals surface area contributed by atoms with Gasteiger partial charge in [0.05, 0.1) is 5.69 Å². The van der Waals surface area contributed by atoms with Gasteiger partial charge in [0, 0.05) is 44.0 Å². The van der Waals surface area contributed by atoms with Gasteiger partial charge in [-0.05, 0) is 24.3 Å². The van der Waals surface area contributed by atoms with Crippen LogP contribution in [0.1, 0.15) is 0 Å². The highest BCUT2D eigenvalue weighted by molar-refractivity contribution is 5.77. The zero-order valence-electron chi connectivity index (χ0n) is 12.0. The predicted octanol–water partition coefficient (Wildman–Crippen LogP) is 0.891. The van der Waals surface area contributed by atoms with Gasteiger partial charge in [-0.3, -0.25) is 0 Å². The number of nitrogens with one attached hydrogen (secondary N) is 1. The van der Waals surface area contributed by atoms with Crippen LogP contribution in [0.3, 0.4) is 0 Å². The van der Waals surface area contributed by atoms with Gasteiger partial charge in [-0.2, -0.15) is 0 Å². The van der Waals surface area contributed by atoms with Crippen molar-refractivity contribution in [2.24, 2.45) is 0 Å². The van der Waals surface area contributed by atoms with Gasteiger partial charge in [-0.15, -0.1) is 10.2 Å². The van der Waals surface area contributed by atoms with E-state index in [9.17, 15) is 0 Å². The van der Waals surface area contributed by atoms with Crippen LogP contribution >= 0.6 is 0 Å². The lowest BCUT2D eigenvalue weighted by molar-refractivity contribution is 0.580. The molecule has 110 valence electrons. The summed E-state index contributed by atoms with van der Waals surface area (Å²) in [6.07, 6.45) is 3.48. The van der Waals surface area contributed by atoms with Gasteiger partial charge in [0.2, 0.25) is 5.95 Å². The molecule has 22 heavy (non-hydrogen) atoms. The first-order valence-electron chi connectivity index (χ1n) is 7.28. The van der Waals surface area contributed by atoms with Crippen molar-refractivity contribution in [3.05, 3.63) is 36.7 Å². The van der Waals surface area contributed by atoms with E-state index in [-0.39, 0.29) is 0 Å². The monoisotopic (exact) mass is 293 g/mol. The number of anilines is 1. The van der Waals surface area contributed by atoms with Crippen molar-refractivity contribution in [3.8, 4) is 11.4 Å². The minimum Gasteiger partial charge on any atom is -0.338 e. The van der Waals surface area contributed by atoms with E-state index < -0.39 is 0 Å². The molecule has 0 unspecified atom stereocenters. The van der Waals surface area contributed by atoms with E-state index in [0.717, 1.165) is 48.9 Å². The van der Waals surface area contributed by atoms with Gasteiger partial charge in [0.15, 0.2) is 5.65 Å². The van der Waals surface area contributed by atoms with Gasteiger partial charge in [-0.25, -0.2) is 15.0 Å². The zero-order valence-corrected chi connectivity index (χ0v) is 12.0. The quantitative estimate of drug-likeness (QED) is 0.751. The van der Waals surface area contributed by atoms with E-state index in [0.29, 0.717) is 5.65 Å². The van der Waals surface area contributed by atoms with Crippen molar-refractivity contribution in [2.75, 3.05) is 31.1 Å². The van der Waals surface area contributed by atoms with Crippen LogP contribution in [0.2, 0.25) is 0 Å². The molecular formula is C15H15N7. The molecule has 0 aliphatic carbocycles.